The number of amides is 1. The molecule has 6 nitrogen and oxygen atoms in total. The van der Waals surface area contributed by atoms with E-state index in [-0.39, 0.29) is 11.7 Å². The number of hydrogen-bond acceptors (Lipinski definition) is 4. The number of likely N-dealkylation sites (N-methyl/N-ethyl adjacent to an activating group) is 1. The summed E-state index contributed by atoms with van der Waals surface area (Å²) in [5.74, 6) is -0.498. The summed E-state index contributed by atoms with van der Waals surface area (Å²) >= 11 is 3.45. The van der Waals surface area contributed by atoms with Crippen molar-refractivity contribution in [1.29, 1.82) is 0 Å². The Bertz CT molecular complexity index is 987. The molecule has 0 unspecified atom stereocenters. The summed E-state index contributed by atoms with van der Waals surface area (Å²) in [5, 5.41) is 8.34. The van der Waals surface area contributed by atoms with Gasteiger partial charge in [-0.1, -0.05) is 39.3 Å². The summed E-state index contributed by atoms with van der Waals surface area (Å²) in [7, 11) is 3.91. The lowest BCUT2D eigenvalue weighted by atomic mass is 10.2. The van der Waals surface area contributed by atoms with Crippen LogP contribution in [0.15, 0.2) is 53.0 Å². The van der Waals surface area contributed by atoms with Crippen molar-refractivity contribution in [2.45, 2.75) is 13.5 Å². The first-order chi connectivity index (χ1) is 13.8. The zero-order chi connectivity index (χ0) is 21.0. The molecular formula is C21H23BrFN5O. The first-order valence-electron chi connectivity index (χ1n) is 9.22. The number of hydrogen-bond donors (Lipinski definition) is 0. The van der Waals surface area contributed by atoms with Crippen molar-refractivity contribution in [3.8, 4) is 5.69 Å². The fraction of sp³-hybridized carbons (Fsp3) is 0.286. The molecule has 0 spiro atoms. The molecular weight excluding hydrogens is 437 g/mol. The molecule has 0 aliphatic carbocycles. The van der Waals surface area contributed by atoms with E-state index in [0.717, 1.165) is 15.7 Å². The molecule has 3 aromatic rings. The minimum atomic E-state index is -0.298. The summed E-state index contributed by atoms with van der Waals surface area (Å²) < 4.78 is 15.8. The van der Waals surface area contributed by atoms with Crippen molar-refractivity contribution in [2.75, 3.05) is 27.2 Å². The zero-order valence-electron chi connectivity index (χ0n) is 16.6. The van der Waals surface area contributed by atoms with Crippen molar-refractivity contribution in [3.05, 3.63) is 75.8 Å². The van der Waals surface area contributed by atoms with E-state index in [2.05, 4.69) is 26.2 Å². The van der Waals surface area contributed by atoms with Gasteiger partial charge in [0.05, 0.1) is 11.4 Å². The predicted molar refractivity (Wildman–Crippen MR) is 113 cm³/mol. The molecule has 29 heavy (non-hydrogen) atoms. The van der Waals surface area contributed by atoms with E-state index in [4.69, 9.17) is 0 Å². The van der Waals surface area contributed by atoms with Gasteiger partial charge in [-0.2, -0.15) is 0 Å². The van der Waals surface area contributed by atoms with Gasteiger partial charge in [-0.25, -0.2) is 9.07 Å². The van der Waals surface area contributed by atoms with Crippen molar-refractivity contribution in [3.63, 3.8) is 0 Å². The average Bonchev–Trinajstić information content (AvgIpc) is 3.07. The number of carbonyl (C=O) groups excluding carboxylic acids is 1. The lowest BCUT2D eigenvalue weighted by Gasteiger charge is -2.24. The zero-order valence-corrected chi connectivity index (χ0v) is 18.2. The highest BCUT2D eigenvalue weighted by Gasteiger charge is 2.23. The quantitative estimate of drug-likeness (QED) is 0.540. The highest BCUT2D eigenvalue weighted by molar-refractivity contribution is 9.10. The third kappa shape index (κ3) is 5.27. The molecule has 1 amide bonds. The molecule has 152 valence electrons. The van der Waals surface area contributed by atoms with Crippen molar-refractivity contribution >= 4 is 21.8 Å². The Kier molecular flexibility index (Phi) is 6.76. The monoisotopic (exact) mass is 459 g/mol. The van der Waals surface area contributed by atoms with Crippen LogP contribution in [0.3, 0.4) is 0 Å². The third-order valence-corrected chi connectivity index (χ3v) is 5.03. The van der Waals surface area contributed by atoms with Crippen LogP contribution in [0.2, 0.25) is 0 Å². The van der Waals surface area contributed by atoms with Crippen LogP contribution in [0.25, 0.3) is 5.69 Å². The maximum absolute atomic E-state index is 13.3. The predicted octanol–water partition coefficient (Wildman–Crippen LogP) is 3.68. The van der Waals surface area contributed by atoms with Gasteiger partial charge in [0.15, 0.2) is 5.69 Å². The first kappa shape index (κ1) is 21.1. The first-order valence-corrected chi connectivity index (χ1v) is 10.0. The van der Waals surface area contributed by atoms with E-state index in [9.17, 15) is 9.18 Å². The maximum atomic E-state index is 13.3. The average molecular weight is 460 g/mol. The Morgan fingerprint density at radius 3 is 2.52 bits per heavy atom. The van der Waals surface area contributed by atoms with Gasteiger partial charge in [-0.3, -0.25) is 4.79 Å². The summed E-state index contributed by atoms with van der Waals surface area (Å²) in [6.07, 6.45) is 0. The Morgan fingerprint density at radius 1 is 1.14 bits per heavy atom. The number of nitrogens with zero attached hydrogens (tertiary/aromatic N) is 5. The van der Waals surface area contributed by atoms with Gasteiger partial charge >= 0.3 is 0 Å². The van der Waals surface area contributed by atoms with Crippen molar-refractivity contribution in [2.24, 2.45) is 0 Å². The Morgan fingerprint density at radius 2 is 1.86 bits per heavy atom. The van der Waals surface area contributed by atoms with Crippen LogP contribution in [-0.2, 0) is 6.54 Å². The Hall–Kier alpha value is -2.58. The van der Waals surface area contributed by atoms with Crippen molar-refractivity contribution in [1.82, 2.24) is 24.8 Å². The molecule has 0 atom stereocenters. The van der Waals surface area contributed by atoms with E-state index in [1.54, 1.807) is 21.7 Å². The van der Waals surface area contributed by atoms with Gasteiger partial charge < -0.3 is 9.80 Å². The molecule has 2 aromatic carbocycles. The minimum Gasteiger partial charge on any atom is -0.332 e. The number of benzene rings is 2. The van der Waals surface area contributed by atoms with Gasteiger partial charge in [0, 0.05) is 24.1 Å². The molecule has 0 bridgehead atoms. The number of rotatable bonds is 7. The smallest absolute Gasteiger partial charge is 0.276 e. The van der Waals surface area contributed by atoms with Crippen LogP contribution in [-0.4, -0.2) is 57.9 Å². The second-order valence-electron chi connectivity index (χ2n) is 7.07. The second kappa shape index (κ2) is 9.28. The summed E-state index contributed by atoms with van der Waals surface area (Å²) in [4.78, 5) is 17.0. The van der Waals surface area contributed by atoms with Gasteiger partial charge in [0.2, 0.25) is 0 Å². The summed E-state index contributed by atoms with van der Waals surface area (Å²) in [5.41, 5.74) is 2.66. The van der Waals surface area contributed by atoms with Gasteiger partial charge in [-0.05, 0) is 56.9 Å². The molecule has 3 rings (SSSR count). The second-order valence-corrected chi connectivity index (χ2v) is 7.99. The molecule has 0 aliphatic heterocycles. The number of carbonyl (C=O) groups is 1. The van der Waals surface area contributed by atoms with E-state index in [1.165, 1.54) is 12.1 Å². The van der Waals surface area contributed by atoms with E-state index < -0.39 is 0 Å². The molecule has 0 radical (unpaired) electrons. The molecule has 1 heterocycles. The highest BCUT2D eigenvalue weighted by Crippen LogP contribution is 2.19. The molecule has 8 heteroatoms. The van der Waals surface area contributed by atoms with Crippen LogP contribution < -0.4 is 0 Å². The largest absolute Gasteiger partial charge is 0.332 e. The number of aromatic nitrogens is 3. The molecule has 0 N–H and O–H groups in total. The van der Waals surface area contributed by atoms with Crippen LogP contribution in [0.4, 0.5) is 4.39 Å². The van der Waals surface area contributed by atoms with Gasteiger partial charge in [0.25, 0.3) is 5.91 Å². The van der Waals surface area contributed by atoms with Gasteiger partial charge in [-0.15, -0.1) is 5.10 Å². The molecule has 1 aromatic heterocycles. The van der Waals surface area contributed by atoms with Crippen LogP contribution >= 0.6 is 15.9 Å². The fourth-order valence-electron chi connectivity index (χ4n) is 2.91. The maximum Gasteiger partial charge on any atom is 0.276 e. The Balaban J connectivity index is 1.87. The van der Waals surface area contributed by atoms with Crippen molar-refractivity contribution < 1.29 is 9.18 Å². The van der Waals surface area contributed by atoms with E-state index >= 15 is 0 Å². The molecule has 0 saturated heterocycles. The van der Waals surface area contributed by atoms with Gasteiger partial charge in [0.1, 0.15) is 5.82 Å². The van der Waals surface area contributed by atoms with E-state index in [0.29, 0.717) is 31.0 Å². The lowest BCUT2D eigenvalue weighted by molar-refractivity contribution is 0.0725. The standard InChI is InChI=1S/C21H23BrFN5O/c1-15-20(24-25-28(15)19-6-4-5-17(22)13-19)21(29)27(12-11-26(2)3)14-16-7-9-18(23)10-8-16/h4-10,13H,11-12,14H2,1-3H3. The summed E-state index contributed by atoms with van der Waals surface area (Å²) in [6, 6.07) is 13.8. The van der Waals surface area contributed by atoms with Crippen LogP contribution in [0, 0.1) is 12.7 Å². The Labute approximate surface area is 178 Å². The van der Waals surface area contributed by atoms with Crippen LogP contribution in [0.1, 0.15) is 21.7 Å². The van der Waals surface area contributed by atoms with E-state index in [1.807, 2.05) is 50.2 Å². The normalized spacial score (nSPS) is 11.1. The summed E-state index contributed by atoms with van der Waals surface area (Å²) in [6.45, 7) is 3.42. The topological polar surface area (TPSA) is 54.3 Å². The fourth-order valence-corrected chi connectivity index (χ4v) is 3.30. The minimum absolute atomic E-state index is 0.199. The third-order valence-electron chi connectivity index (χ3n) is 4.54. The molecule has 0 fully saturated rings. The van der Waals surface area contributed by atoms with Crippen LogP contribution in [0.5, 0.6) is 0 Å². The number of halogens is 2. The molecule has 0 aliphatic rings. The highest BCUT2D eigenvalue weighted by atomic mass is 79.9. The lowest BCUT2D eigenvalue weighted by Crippen LogP contribution is -2.36. The molecule has 0 saturated carbocycles. The SMILES string of the molecule is Cc1c(C(=O)N(CCN(C)C)Cc2ccc(F)cc2)nnn1-c1cccc(Br)c1.